The van der Waals surface area contributed by atoms with Crippen LogP contribution in [0.2, 0.25) is 5.15 Å². The van der Waals surface area contributed by atoms with Gasteiger partial charge in [0.25, 0.3) is 0 Å². The molecule has 1 fully saturated rings. The zero-order valence-electron chi connectivity index (χ0n) is 15.8. The van der Waals surface area contributed by atoms with Gasteiger partial charge in [-0.15, -0.1) is 5.10 Å². The SMILES string of the molecule is FC(F)O[C@H]1CC[C@@H](Nc2ncc3c(-c4cnc5ncc(Cl)n5c4)ccn3n2)CC1. The fourth-order valence-electron chi connectivity index (χ4n) is 3.87. The van der Waals surface area contributed by atoms with Gasteiger partial charge < -0.3 is 10.1 Å². The number of rotatable bonds is 5. The van der Waals surface area contributed by atoms with E-state index >= 15 is 0 Å². The lowest BCUT2D eigenvalue weighted by Crippen LogP contribution is -2.31. The van der Waals surface area contributed by atoms with Crippen LogP contribution in [0, 0.1) is 0 Å². The van der Waals surface area contributed by atoms with Gasteiger partial charge >= 0.3 is 6.61 Å². The molecule has 0 aliphatic heterocycles. The van der Waals surface area contributed by atoms with E-state index in [1.807, 2.05) is 18.5 Å². The standard InChI is InChI=1S/C19H18ClF2N7O/c20-16-9-25-19-24-7-11(10-28(16)19)14-5-6-29-15(14)8-23-18(27-29)26-12-1-3-13(4-2-12)30-17(21)22/h5-10,12-13,17H,1-4H2,(H,26,27)/t12-,13+. The molecule has 4 heterocycles. The van der Waals surface area contributed by atoms with E-state index in [4.69, 9.17) is 11.6 Å². The Morgan fingerprint density at radius 3 is 2.70 bits per heavy atom. The summed E-state index contributed by atoms with van der Waals surface area (Å²) in [6.07, 6.45) is 11.0. The summed E-state index contributed by atoms with van der Waals surface area (Å²) >= 11 is 6.15. The van der Waals surface area contributed by atoms with E-state index < -0.39 is 6.61 Å². The fourth-order valence-corrected chi connectivity index (χ4v) is 4.04. The molecule has 0 unspecified atom stereocenters. The zero-order chi connectivity index (χ0) is 20.7. The average Bonchev–Trinajstić information content (AvgIpc) is 3.32. The molecule has 156 valence electrons. The van der Waals surface area contributed by atoms with Crippen LogP contribution in [0.4, 0.5) is 14.7 Å². The normalized spacial score (nSPS) is 19.7. The molecule has 5 rings (SSSR count). The van der Waals surface area contributed by atoms with Crippen LogP contribution < -0.4 is 5.32 Å². The summed E-state index contributed by atoms with van der Waals surface area (Å²) in [7, 11) is 0. The molecule has 0 radical (unpaired) electrons. The molecule has 4 aromatic heterocycles. The highest BCUT2D eigenvalue weighted by molar-refractivity contribution is 6.29. The van der Waals surface area contributed by atoms with Crippen LogP contribution in [0.5, 0.6) is 0 Å². The van der Waals surface area contributed by atoms with Crippen molar-refractivity contribution in [3.05, 3.63) is 42.2 Å². The number of imidazole rings is 1. The van der Waals surface area contributed by atoms with Crippen LogP contribution in [0.1, 0.15) is 25.7 Å². The first-order valence-electron chi connectivity index (χ1n) is 9.60. The lowest BCUT2D eigenvalue weighted by atomic mass is 9.93. The van der Waals surface area contributed by atoms with E-state index in [0.717, 1.165) is 29.5 Å². The Morgan fingerprint density at radius 2 is 1.90 bits per heavy atom. The van der Waals surface area contributed by atoms with Gasteiger partial charge in [-0.05, 0) is 31.7 Å². The molecule has 0 spiro atoms. The zero-order valence-corrected chi connectivity index (χ0v) is 16.5. The molecule has 1 aliphatic rings. The summed E-state index contributed by atoms with van der Waals surface area (Å²) in [6.45, 7) is -2.71. The Bertz CT molecular complexity index is 1190. The number of nitrogens with one attached hydrogen (secondary N) is 1. The van der Waals surface area contributed by atoms with Crippen molar-refractivity contribution in [2.24, 2.45) is 0 Å². The van der Waals surface area contributed by atoms with Crippen LogP contribution in [-0.4, -0.2) is 47.7 Å². The molecule has 0 amide bonds. The molecule has 4 aromatic rings. The molecule has 0 saturated heterocycles. The van der Waals surface area contributed by atoms with Crippen LogP contribution in [0.3, 0.4) is 0 Å². The fraction of sp³-hybridized carbons (Fsp3) is 0.368. The second-order valence-electron chi connectivity index (χ2n) is 7.25. The molecule has 1 aliphatic carbocycles. The van der Waals surface area contributed by atoms with Crippen LogP contribution in [-0.2, 0) is 4.74 Å². The summed E-state index contributed by atoms with van der Waals surface area (Å²) in [5.41, 5.74) is 2.61. The highest BCUT2D eigenvalue weighted by Crippen LogP contribution is 2.27. The minimum Gasteiger partial charge on any atom is -0.350 e. The maximum Gasteiger partial charge on any atom is 0.345 e. The predicted molar refractivity (Wildman–Crippen MR) is 107 cm³/mol. The third-order valence-electron chi connectivity index (χ3n) is 5.35. The molecule has 0 bridgehead atoms. The van der Waals surface area contributed by atoms with Crippen molar-refractivity contribution in [1.82, 2.24) is 29.0 Å². The predicted octanol–water partition coefficient (Wildman–Crippen LogP) is 4.05. The number of halogens is 3. The van der Waals surface area contributed by atoms with Crippen molar-refractivity contribution < 1.29 is 13.5 Å². The number of nitrogens with zero attached hydrogens (tertiary/aromatic N) is 6. The minimum atomic E-state index is -2.71. The van der Waals surface area contributed by atoms with E-state index in [2.05, 4.69) is 30.1 Å². The summed E-state index contributed by atoms with van der Waals surface area (Å²) in [5.74, 6) is 1.03. The van der Waals surface area contributed by atoms with Crippen LogP contribution >= 0.6 is 11.6 Å². The number of hydrogen-bond acceptors (Lipinski definition) is 6. The molecule has 8 nitrogen and oxygen atoms in total. The van der Waals surface area contributed by atoms with E-state index in [9.17, 15) is 8.78 Å². The Kier molecular flexibility index (Phi) is 4.95. The second kappa shape index (κ2) is 7.77. The van der Waals surface area contributed by atoms with Gasteiger partial charge in [-0.3, -0.25) is 4.40 Å². The molecule has 1 N–H and O–H groups in total. The number of hydrogen-bond donors (Lipinski definition) is 1. The Morgan fingerprint density at radius 1 is 1.10 bits per heavy atom. The Labute approximate surface area is 174 Å². The molecule has 30 heavy (non-hydrogen) atoms. The van der Waals surface area contributed by atoms with Gasteiger partial charge in [0, 0.05) is 35.8 Å². The molecular formula is C19H18ClF2N7O. The summed E-state index contributed by atoms with van der Waals surface area (Å²) in [5, 5.41) is 8.31. The van der Waals surface area contributed by atoms with Crippen molar-refractivity contribution in [2.45, 2.75) is 44.4 Å². The van der Waals surface area contributed by atoms with E-state index in [0.29, 0.717) is 29.7 Å². The largest absolute Gasteiger partial charge is 0.350 e. The van der Waals surface area contributed by atoms with Crippen molar-refractivity contribution >= 4 is 28.8 Å². The van der Waals surface area contributed by atoms with Crippen molar-refractivity contribution in [3.8, 4) is 11.1 Å². The highest BCUT2D eigenvalue weighted by Gasteiger charge is 2.24. The molecule has 0 aromatic carbocycles. The summed E-state index contributed by atoms with van der Waals surface area (Å²) < 4.78 is 32.7. The summed E-state index contributed by atoms with van der Waals surface area (Å²) in [4.78, 5) is 12.9. The number of alkyl halides is 2. The lowest BCUT2D eigenvalue weighted by Gasteiger charge is -2.28. The topological polar surface area (TPSA) is 81.6 Å². The number of aromatic nitrogens is 6. The van der Waals surface area contributed by atoms with Gasteiger partial charge in [0.1, 0.15) is 5.15 Å². The van der Waals surface area contributed by atoms with Crippen LogP contribution in [0.25, 0.3) is 22.4 Å². The van der Waals surface area contributed by atoms with E-state index in [1.54, 1.807) is 27.5 Å². The van der Waals surface area contributed by atoms with Gasteiger partial charge in [0.05, 0.1) is 24.0 Å². The number of anilines is 1. The first kappa shape index (κ1) is 19.1. The van der Waals surface area contributed by atoms with E-state index in [-0.39, 0.29) is 12.1 Å². The molecule has 11 heteroatoms. The Hall–Kier alpha value is -2.85. The smallest absolute Gasteiger partial charge is 0.345 e. The van der Waals surface area contributed by atoms with Crippen LogP contribution in [0.15, 0.2) is 37.1 Å². The average molecular weight is 434 g/mol. The molecular weight excluding hydrogens is 416 g/mol. The van der Waals surface area contributed by atoms with Crippen molar-refractivity contribution in [3.63, 3.8) is 0 Å². The molecule has 1 saturated carbocycles. The minimum absolute atomic E-state index is 0.130. The maximum atomic E-state index is 12.3. The lowest BCUT2D eigenvalue weighted by molar-refractivity contribution is -0.169. The van der Waals surface area contributed by atoms with Gasteiger partial charge in [-0.25, -0.2) is 19.5 Å². The monoisotopic (exact) mass is 433 g/mol. The van der Waals surface area contributed by atoms with Crippen molar-refractivity contribution in [1.29, 1.82) is 0 Å². The summed E-state index contributed by atoms with van der Waals surface area (Å²) in [6, 6.07) is 2.07. The van der Waals surface area contributed by atoms with Gasteiger partial charge in [0.2, 0.25) is 11.7 Å². The maximum absolute atomic E-state index is 12.3. The van der Waals surface area contributed by atoms with Gasteiger partial charge in [-0.2, -0.15) is 8.78 Å². The number of ether oxygens (including phenoxy) is 1. The Balaban J connectivity index is 1.33. The quantitative estimate of drug-likeness (QED) is 0.511. The third-order valence-corrected chi connectivity index (χ3v) is 5.63. The number of fused-ring (bicyclic) bond motifs is 2. The van der Waals surface area contributed by atoms with E-state index in [1.165, 1.54) is 0 Å². The second-order valence-corrected chi connectivity index (χ2v) is 7.64. The first-order chi connectivity index (χ1) is 14.6. The van der Waals surface area contributed by atoms with Crippen molar-refractivity contribution in [2.75, 3.05) is 5.32 Å². The first-order valence-corrected chi connectivity index (χ1v) is 9.98. The third kappa shape index (κ3) is 3.68. The van der Waals surface area contributed by atoms with Gasteiger partial charge in [0.15, 0.2) is 0 Å². The van der Waals surface area contributed by atoms with Gasteiger partial charge in [-0.1, -0.05) is 11.6 Å². The highest BCUT2D eigenvalue weighted by atomic mass is 35.5. The molecule has 0 atom stereocenters.